The van der Waals surface area contributed by atoms with E-state index in [1.165, 1.54) is 6.07 Å². The van der Waals surface area contributed by atoms with Crippen LogP contribution in [0.3, 0.4) is 0 Å². The normalized spacial score (nSPS) is 11.1. The molecule has 1 N–H and O–H groups in total. The lowest BCUT2D eigenvalue weighted by atomic mass is 10.1. The Kier molecular flexibility index (Phi) is 5.68. The molecule has 0 amide bonds. The Morgan fingerprint density at radius 3 is 2.33 bits per heavy atom. The minimum absolute atomic E-state index is 0.0898. The molecule has 0 aliphatic rings. The van der Waals surface area contributed by atoms with Gasteiger partial charge in [-0.1, -0.05) is 48.5 Å². The fraction of sp³-hybridized carbons (Fsp3) is 0.0769. The third kappa shape index (κ3) is 4.39. The van der Waals surface area contributed by atoms with Crippen molar-refractivity contribution in [1.82, 2.24) is 19.9 Å². The van der Waals surface area contributed by atoms with Crippen LogP contribution in [0.2, 0.25) is 0 Å². The molecule has 2 aromatic carbocycles. The predicted molar refractivity (Wildman–Crippen MR) is 125 cm³/mol. The van der Waals surface area contributed by atoms with Crippen molar-refractivity contribution in [3.63, 3.8) is 0 Å². The number of anilines is 1. The third-order valence-electron chi connectivity index (χ3n) is 5.25. The van der Waals surface area contributed by atoms with Gasteiger partial charge in [0.25, 0.3) is 6.43 Å². The fourth-order valence-electron chi connectivity index (χ4n) is 3.60. The van der Waals surface area contributed by atoms with Gasteiger partial charge in [-0.15, -0.1) is 0 Å². The molecule has 0 atom stereocenters. The second-order valence-electron chi connectivity index (χ2n) is 7.42. The standard InChI is InChI=1S/C26H19F2N5/c27-24(28)18-7-1-2-8-19(18)26-32-21-10-4-3-9-20(21)25(33-26)31-16-17-12-13-23(30-15-17)22-11-5-6-14-29-22/h1-15,24H,16H2,(H,31,32,33). The summed E-state index contributed by atoms with van der Waals surface area (Å²) in [6.45, 7) is 0.465. The molecule has 0 bridgehead atoms. The highest BCUT2D eigenvalue weighted by molar-refractivity contribution is 5.90. The Bertz CT molecular complexity index is 1390. The SMILES string of the molecule is FC(F)c1ccccc1-c1nc(NCc2ccc(-c3ccccn3)nc2)c2ccccc2n1. The number of rotatable bonds is 6. The average molecular weight is 439 g/mol. The number of para-hydroxylation sites is 1. The minimum Gasteiger partial charge on any atom is -0.365 e. The highest BCUT2D eigenvalue weighted by Crippen LogP contribution is 2.31. The minimum atomic E-state index is -2.61. The Morgan fingerprint density at radius 1 is 0.758 bits per heavy atom. The van der Waals surface area contributed by atoms with Crippen LogP contribution in [0.4, 0.5) is 14.6 Å². The molecule has 5 nitrogen and oxygen atoms in total. The molecule has 5 rings (SSSR count). The van der Waals surface area contributed by atoms with Gasteiger partial charge in [0.05, 0.1) is 16.9 Å². The lowest BCUT2D eigenvalue weighted by Crippen LogP contribution is -2.05. The summed E-state index contributed by atoms with van der Waals surface area (Å²) in [6, 6.07) is 23.4. The quantitative estimate of drug-likeness (QED) is 0.336. The van der Waals surface area contributed by atoms with Crippen molar-refractivity contribution < 1.29 is 8.78 Å². The lowest BCUT2D eigenvalue weighted by molar-refractivity contribution is 0.152. The smallest absolute Gasteiger partial charge is 0.264 e. The Hall–Kier alpha value is -4.26. The van der Waals surface area contributed by atoms with Crippen LogP contribution in [0.5, 0.6) is 0 Å². The molecule has 0 radical (unpaired) electrons. The van der Waals surface area contributed by atoms with E-state index in [4.69, 9.17) is 0 Å². The largest absolute Gasteiger partial charge is 0.365 e. The van der Waals surface area contributed by atoms with Gasteiger partial charge in [-0.3, -0.25) is 9.97 Å². The average Bonchev–Trinajstić information content (AvgIpc) is 2.88. The molecule has 0 aliphatic carbocycles. The second-order valence-corrected chi connectivity index (χ2v) is 7.42. The topological polar surface area (TPSA) is 63.6 Å². The van der Waals surface area contributed by atoms with E-state index in [1.807, 2.05) is 54.6 Å². The Balaban J connectivity index is 1.46. The van der Waals surface area contributed by atoms with Crippen LogP contribution in [0.25, 0.3) is 33.7 Å². The van der Waals surface area contributed by atoms with Gasteiger partial charge in [0.15, 0.2) is 5.82 Å². The molecule has 33 heavy (non-hydrogen) atoms. The van der Waals surface area contributed by atoms with Crippen molar-refractivity contribution in [2.75, 3.05) is 5.32 Å². The van der Waals surface area contributed by atoms with Gasteiger partial charge in [-0.2, -0.15) is 0 Å². The number of halogens is 2. The molecule has 0 unspecified atom stereocenters. The van der Waals surface area contributed by atoms with E-state index in [9.17, 15) is 8.78 Å². The van der Waals surface area contributed by atoms with Gasteiger partial charge in [0.2, 0.25) is 0 Å². The van der Waals surface area contributed by atoms with Crippen LogP contribution in [0.15, 0.2) is 91.3 Å². The molecule has 5 aromatic rings. The van der Waals surface area contributed by atoms with Crippen LogP contribution in [-0.2, 0) is 6.54 Å². The van der Waals surface area contributed by atoms with Gasteiger partial charge < -0.3 is 5.32 Å². The van der Waals surface area contributed by atoms with Crippen molar-refractivity contribution in [1.29, 1.82) is 0 Å². The molecule has 0 saturated heterocycles. The summed E-state index contributed by atoms with van der Waals surface area (Å²) in [5.41, 5.74) is 3.46. The van der Waals surface area contributed by atoms with Gasteiger partial charge in [-0.25, -0.2) is 18.7 Å². The van der Waals surface area contributed by atoms with Crippen molar-refractivity contribution in [2.24, 2.45) is 0 Å². The Labute approximate surface area is 189 Å². The van der Waals surface area contributed by atoms with Crippen LogP contribution in [0, 0.1) is 0 Å². The summed E-state index contributed by atoms with van der Waals surface area (Å²) in [5.74, 6) is 0.837. The molecule has 162 valence electrons. The van der Waals surface area contributed by atoms with Gasteiger partial charge in [-0.05, 0) is 35.9 Å². The van der Waals surface area contributed by atoms with E-state index >= 15 is 0 Å². The van der Waals surface area contributed by atoms with Gasteiger partial charge in [0, 0.05) is 35.5 Å². The molecule has 3 aromatic heterocycles. The van der Waals surface area contributed by atoms with E-state index < -0.39 is 6.43 Å². The van der Waals surface area contributed by atoms with Crippen LogP contribution >= 0.6 is 0 Å². The molecule has 7 heteroatoms. The van der Waals surface area contributed by atoms with Crippen molar-refractivity contribution >= 4 is 16.7 Å². The maximum atomic E-state index is 13.6. The van der Waals surface area contributed by atoms with Crippen molar-refractivity contribution in [3.05, 3.63) is 102 Å². The number of alkyl halides is 2. The first-order valence-corrected chi connectivity index (χ1v) is 10.4. The monoisotopic (exact) mass is 439 g/mol. The fourth-order valence-corrected chi connectivity index (χ4v) is 3.60. The number of hydrogen-bond donors (Lipinski definition) is 1. The number of fused-ring (bicyclic) bond motifs is 1. The molecular formula is C26H19F2N5. The summed E-state index contributed by atoms with van der Waals surface area (Å²) in [7, 11) is 0. The molecule has 3 heterocycles. The first-order valence-electron chi connectivity index (χ1n) is 10.4. The highest BCUT2D eigenvalue weighted by Gasteiger charge is 2.17. The van der Waals surface area contributed by atoms with Crippen molar-refractivity contribution in [2.45, 2.75) is 13.0 Å². The van der Waals surface area contributed by atoms with Gasteiger partial charge in [0.1, 0.15) is 5.82 Å². The zero-order chi connectivity index (χ0) is 22.6. The molecular weight excluding hydrogens is 420 g/mol. The number of benzene rings is 2. The van der Waals surface area contributed by atoms with Gasteiger partial charge >= 0.3 is 0 Å². The number of pyridine rings is 2. The zero-order valence-corrected chi connectivity index (χ0v) is 17.5. The molecule has 0 saturated carbocycles. The number of hydrogen-bond acceptors (Lipinski definition) is 5. The predicted octanol–water partition coefficient (Wildman–Crippen LogP) is 6.30. The summed E-state index contributed by atoms with van der Waals surface area (Å²) >= 11 is 0. The molecule has 0 fully saturated rings. The maximum absolute atomic E-state index is 13.6. The maximum Gasteiger partial charge on any atom is 0.264 e. The molecule has 0 aliphatic heterocycles. The third-order valence-corrected chi connectivity index (χ3v) is 5.25. The first-order chi connectivity index (χ1) is 16.2. The summed E-state index contributed by atoms with van der Waals surface area (Å²) in [5, 5.41) is 4.14. The van der Waals surface area contributed by atoms with E-state index in [1.54, 1.807) is 30.6 Å². The summed E-state index contributed by atoms with van der Waals surface area (Å²) in [6.07, 6.45) is 0.903. The number of nitrogens with one attached hydrogen (secondary N) is 1. The van der Waals surface area contributed by atoms with Crippen LogP contribution < -0.4 is 5.32 Å². The lowest BCUT2D eigenvalue weighted by Gasteiger charge is -2.13. The summed E-state index contributed by atoms with van der Waals surface area (Å²) in [4.78, 5) is 18.0. The van der Waals surface area contributed by atoms with E-state index in [2.05, 4.69) is 25.3 Å². The summed E-state index contributed by atoms with van der Waals surface area (Å²) < 4.78 is 27.1. The van der Waals surface area contributed by atoms with E-state index in [0.717, 1.165) is 22.3 Å². The van der Waals surface area contributed by atoms with E-state index in [0.29, 0.717) is 23.4 Å². The van der Waals surface area contributed by atoms with Crippen LogP contribution in [0.1, 0.15) is 17.6 Å². The first kappa shape index (κ1) is 20.6. The number of aromatic nitrogens is 4. The zero-order valence-electron chi connectivity index (χ0n) is 17.5. The molecule has 0 spiro atoms. The van der Waals surface area contributed by atoms with Crippen LogP contribution in [-0.4, -0.2) is 19.9 Å². The number of nitrogens with zero attached hydrogens (tertiary/aromatic N) is 4. The van der Waals surface area contributed by atoms with Crippen molar-refractivity contribution in [3.8, 4) is 22.8 Å². The Morgan fingerprint density at radius 2 is 1.55 bits per heavy atom. The second kappa shape index (κ2) is 9.08. The highest BCUT2D eigenvalue weighted by atomic mass is 19.3. The van der Waals surface area contributed by atoms with E-state index in [-0.39, 0.29) is 11.4 Å².